The Morgan fingerprint density at radius 2 is 1.79 bits per heavy atom. The molecule has 0 fully saturated rings. The van der Waals surface area contributed by atoms with Crippen LogP contribution in [0.15, 0.2) is 53.4 Å². The molecular weight excluding hydrogens is 257 g/mol. The van der Waals surface area contributed by atoms with Crippen molar-refractivity contribution in [2.45, 2.75) is 24.3 Å². The topological polar surface area (TPSA) is 26.0 Å². The van der Waals surface area contributed by atoms with E-state index in [1.54, 1.807) is 23.9 Å². The average Bonchev–Trinajstić information content (AvgIpc) is 2.41. The van der Waals surface area contributed by atoms with Crippen molar-refractivity contribution in [1.82, 2.24) is 0 Å². The lowest BCUT2D eigenvalue weighted by Crippen LogP contribution is -2.25. The lowest BCUT2D eigenvalue weighted by atomic mass is 10.0. The van der Waals surface area contributed by atoms with E-state index >= 15 is 0 Å². The fraction of sp³-hybridized carbons (Fsp3) is 0.250. The van der Waals surface area contributed by atoms with Gasteiger partial charge in [0.1, 0.15) is 5.82 Å². The first-order valence-electron chi connectivity index (χ1n) is 6.33. The van der Waals surface area contributed by atoms with Crippen LogP contribution in [0.1, 0.15) is 11.1 Å². The maximum absolute atomic E-state index is 12.8. The van der Waals surface area contributed by atoms with Gasteiger partial charge in [-0.2, -0.15) is 0 Å². The van der Waals surface area contributed by atoms with Crippen LogP contribution in [0, 0.1) is 12.7 Å². The van der Waals surface area contributed by atoms with Gasteiger partial charge in [0, 0.05) is 16.7 Å². The molecule has 0 aliphatic rings. The van der Waals surface area contributed by atoms with E-state index in [-0.39, 0.29) is 11.9 Å². The van der Waals surface area contributed by atoms with Gasteiger partial charge in [0.25, 0.3) is 0 Å². The van der Waals surface area contributed by atoms with E-state index in [9.17, 15) is 4.39 Å². The van der Waals surface area contributed by atoms with Gasteiger partial charge in [0.05, 0.1) is 0 Å². The number of aryl methyl sites for hydroxylation is 1. The monoisotopic (exact) mass is 275 g/mol. The van der Waals surface area contributed by atoms with Gasteiger partial charge in [-0.3, -0.25) is 0 Å². The van der Waals surface area contributed by atoms with Crippen molar-refractivity contribution in [2.75, 3.05) is 5.75 Å². The van der Waals surface area contributed by atoms with Crippen LogP contribution in [0.5, 0.6) is 0 Å². The van der Waals surface area contributed by atoms with Crippen molar-refractivity contribution < 1.29 is 4.39 Å². The highest BCUT2D eigenvalue weighted by molar-refractivity contribution is 7.99. The number of nitrogens with two attached hydrogens (primary N) is 1. The number of hydrogen-bond acceptors (Lipinski definition) is 2. The summed E-state index contributed by atoms with van der Waals surface area (Å²) in [6, 6.07) is 15.0. The highest BCUT2D eigenvalue weighted by Gasteiger charge is 2.07. The third-order valence-electron chi connectivity index (χ3n) is 3.02. The molecule has 0 saturated carbocycles. The zero-order valence-corrected chi connectivity index (χ0v) is 11.8. The average molecular weight is 275 g/mol. The summed E-state index contributed by atoms with van der Waals surface area (Å²) in [5, 5.41) is 0. The van der Waals surface area contributed by atoms with Gasteiger partial charge in [-0.1, -0.05) is 24.3 Å². The maximum atomic E-state index is 12.8. The summed E-state index contributed by atoms with van der Waals surface area (Å²) in [7, 11) is 0. The molecule has 0 heterocycles. The van der Waals surface area contributed by atoms with Gasteiger partial charge < -0.3 is 5.73 Å². The highest BCUT2D eigenvalue weighted by Crippen LogP contribution is 2.20. The van der Waals surface area contributed by atoms with Crippen LogP contribution in [-0.2, 0) is 6.42 Å². The summed E-state index contributed by atoms with van der Waals surface area (Å²) in [5.74, 6) is 0.633. The smallest absolute Gasteiger partial charge is 0.123 e. The van der Waals surface area contributed by atoms with Crippen LogP contribution in [0.4, 0.5) is 4.39 Å². The zero-order chi connectivity index (χ0) is 13.7. The van der Waals surface area contributed by atoms with Crippen molar-refractivity contribution in [3.63, 3.8) is 0 Å². The van der Waals surface area contributed by atoms with Crippen molar-refractivity contribution in [1.29, 1.82) is 0 Å². The second kappa shape index (κ2) is 6.73. The second-order valence-corrected chi connectivity index (χ2v) is 5.75. The van der Waals surface area contributed by atoms with Gasteiger partial charge in [-0.05, 0) is 48.7 Å². The molecule has 19 heavy (non-hydrogen) atoms. The molecule has 2 aromatic carbocycles. The molecule has 0 radical (unpaired) electrons. The number of benzene rings is 2. The van der Waals surface area contributed by atoms with E-state index in [1.807, 2.05) is 12.1 Å². The fourth-order valence-electron chi connectivity index (χ4n) is 1.91. The molecule has 0 spiro atoms. The Morgan fingerprint density at radius 1 is 1.11 bits per heavy atom. The number of halogens is 1. The van der Waals surface area contributed by atoms with E-state index in [1.165, 1.54) is 23.3 Å². The van der Waals surface area contributed by atoms with Crippen LogP contribution >= 0.6 is 11.8 Å². The summed E-state index contributed by atoms with van der Waals surface area (Å²) < 4.78 is 12.8. The molecular formula is C16H18FNS. The Balaban J connectivity index is 1.86. The van der Waals surface area contributed by atoms with Crippen molar-refractivity contribution in [2.24, 2.45) is 5.73 Å². The summed E-state index contributed by atoms with van der Waals surface area (Å²) in [4.78, 5) is 1.06. The molecule has 2 aromatic rings. The van der Waals surface area contributed by atoms with Crippen LogP contribution in [-0.4, -0.2) is 11.8 Å². The third kappa shape index (κ3) is 4.37. The minimum atomic E-state index is -0.200. The molecule has 3 heteroatoms. The highest BCUT2D eigenvalue weighted by atomic mass is 32.2. The van der Waals surface area contributed by atoms with Crippen LogP contribution in [0.3, 0.4) is 0 Å². The van der Waals surface area contributed by atoms with E-state index in [2.05, 4.69) is 19.1 Å². The third-order valence-corrected chi connectivity index (χ3v) is 4.22. The van der Waals surface area contributed by atoms with Crippen molar-refractivity contribution in [3.05, 3.63) is 65.5 Å². The van der Waals surface area contributed by atoms with Gasteiger partial charge in [-0.25, -0.2) is 4.39 Å². The first-order chi connectivity index (χ1) is 9.15. The molecule has 2 rings (SSSR count). The Kier molecular flexibility index (Phi) is 5.00. The minimum Gasteiger partial charge on any atom is -0.327 e. The summed E-state index contributed by atoms with van der Waals surface area (Å²) in [6.45, 7) is 2.11. The van der Waals surface area contributed by atoms with Gasteiger partial charge >= 0.3 is 0 Å². The van der Waals surface area contributed by atoms with E-state index in [4.69, 9.17) is 5.73 Å². The quantitative estimate of drug-likeness (QED) is 0.840. The fourth-order valence-corrected chi connectivity index (χ4v) is 2.77. The predicted molar refractivity (Wildman–Crippen MR) is 80.0 cm³/mol. The van der Waals surface area contributed by atoms with Gasteiger partial charge in [0.15, 0.2) is 0 Å². The maximum Gasteiger partial charge on any atom is 0.123 e. The molecule has 1 atom stereocenters. The molecule has 0 saturated heterocycles. The summed E-state index contributed by atoms with van der Waals surface area (Å²) >= 11 is 1.67. The molecule has 0 bridgehead atoms. The van der Waals surface area contributed by atoms with Gasteiger partial charge in [-0.15, -0.1) is 11.8 Å². The van der Waals surface area contributed by atoms with Crippen LogP contribution in [0.2, 0.25) is 0 Å². The van der Waals surface area contributed by atoms with Crippen molar-refractivity contribution in [3.8, 4) is 0 Å². The lowest BCUT2D eigenvalue weighted by molar-refractivity contribution is 0.626. The first kappa shape index (κ1) is 14.1. The number of thioether (sulfide) groups is 1. The molecule has 100 valence electrons. The molecule has 0 amide bonds. The number of hydrogen-bond donors (Lipinski definition) is 1. The van der Waals surface area contributed by atoms with Crippen LogP contribution in [0.25, 0.3) is 0 Å². The normalized spacial score (nSPS) is 12.4. The van der Waals surface area contributed by atoms with E-state index in [0.717, 1.165) is 17.1 Å². The Hall–Kier alpha value is -1.32. The summed E-state index contributed by atoms with van der Waals surface area (Å²) in [6.07, 6.45) is 0.876. The predicted octanol–water partition coefficient (Wildman–Crippen LogP) is 3.80. The zero-order valence-electron chi connectivity index (χ0n) is 11.0. The first-order valence-corrected chi connectivity index (χ1v) is 7.32. The summed E-state index contributed by atoms with van der Waals surface area (Å²) in [5.41, 5.74) is 8.74. The lowest BCUT2D eigenvalue weighted by Gasteiger charge is -2.13. The molecule has 0 aliphatic heterocycles. The van der Waals surface area contributed by atoms with E-state index < -0.39 is 0 Å². The van der Waals surface area contributed by atoms with E-state index in [0.29, 0.717) is 0 Å². The number of rotatable bonds is 5. The van der Waals surface area contributed by atoms with Crippen LogP contribution < -0.4 is 5.73 Å². The Morgan fingerprint density at radius 3 is 2.47 bits per heavy atom. The largest absolute Gasteiger partial charge is 0.327 e. The second-order valence-electron chi connectivity index (χ2n) is 4.66. The van der Waals surface area contributed by atoms with Gasteiger partial charge in [0.2, 0.25) is 0 Å². The van der Waals surface area contributed by atoms with Crippen molar-refractivity contribution >= 4 is 11.8 Å². The minimum absolute atomic E-state index is 0.108. The molecule has 1 nitrogen and oxygen atoms in total. The molecule has 1 unspecified atom stereocenters. The Bertz CT molecular complexity index is 525. The molecule has 0 aromatic heterocycles. The standard InChI is InChI=1S/C16H18FNS/c1-12-4-2-3-5-13(12)10-15(18)11-19-16-8-6-14(17)7-9-16/h2-9,15H,10-11,18H2,1H3. The SMILES string of the molecule is Cc1ccccc1CC(N)CSc1ccc(F)cc1. The molecule has 0 aliphatic carbocycles. The Labute approximate surface area is 118 Å². The molecule has 2 N–H and O–H groups in total.